The number of aliphatic hydroxyl groups excluding tert-OH is 1. The molecule has 4 atom stereocenters. The number of nitrogens with one attached hydrogen (secondary N) is 1. The minimum Gasteiger partial charge on any atom is -0.480 e. The summed E-state index contributed by atoms with van der Waals surface area (Å²) in [5, 5.41) is 20.3. The number of aliphatic hydroxyl groups is 1. The zero-order valence-electron chi connectivity index (χ0n) is 11.0. The molecule has 0 bridgehead atoms. The van der Waals surface area contributed by atoms with E-state index >= 15 is 0 Å². The molecule has 1 aromatic rings. The molecular weight excluding hydrogens is 258 g/mol. The lowest BCUT2D eigenvalue weighted by Gasteiger charge is -2.13. The van der Waals surface area contributed by atoms with Crippen LogP contribution in [-0.4, -0.2) is 34.7 Å². The van der Waals surface area contributed by atoms with Crippen LogP contribution in [0.5, 0.6) is 0 Å². The van der Waals surface area contributed by atoms with Gasteiger partial charge in [0, 0.05) is 5.92 Å². The summed E-state index contributed by atoms with van der Waals surface area (Å²) in [6, 6.07) is 6.91. The fourth-order valence-corrected chi connectivity index (χ4v) is 3.38. The van der Waals surface area contributed by atoms with Crippen molar-refractivity contribution in [2.75, 3.05) is 6.61 Å². The summed E-state index contributed by atoms with van der Waals surface area (Å²) in [4.78, 5) is 23.0. The van der Waals surface area contributed by atoms with Gasteiger partial charge >= 0.3 is 5.97 Å². The first-order chi connectivity index (χ1) is 9.63. The van der Waals surface area contributed by atoms with Crippen molar-refractivity contribution in [3.05, 3.63) is 35.4 Å². The average Bonchev–Trinajstić information content (AvgIpc) is 3.19. The third-order valence-corrected chi connectivity index (χ3v) is 4.43. The van der Waals surface area contributed by atoms with Crippen molar-refractivity contribution >= 4 is 11.9 Å². The molecule has 0 heterocycles. The quantitative estimate of drug-likeness (QED) is 0.748. The number of carbonyl (C=O) groups is 2. The van der Waals surface area contributed by atoms with Gasteiger partial charge in [-0.2, -0.15) is 0 Å². The molecule has 3 N–H and O–H groups in total. The van der Waals surface area contributed by atoms with Crippen molar-refractivity contribution < 1.29 is 19.8 Å². The standard InChI is InChI=1S/C15H17NO4/c17-7-11(15(19)20)16-14(18)13-10-6-5-8-3-1-2-4-9(8)12(10)13/h1-4,10-13,17H,5-7H2,(H,16,18)(H,19,20)/t10?,11-,12?,13?/m0/s1. The lowest BCUT2D eigenvalue weighted by Crippen LogP contribution is -2.44. The number of benzene rings is 1. The summed E-state index contributed by atoms with van der Waals surface area (Å²) in [7, 11) is 0. The first-order valence-electron chi connectivity index (χ1n) is 6.85. The third kappa shape index (κ3) is 2.08. The van der Waals surface area contributed by atoms with Crippen LogP contribution < -0.4 is 5.32 Å². The highest BCUT2D eigenvalue weighted by Crippen LogP contribution is 2.59. The molecule has 106 valence electrons. The number of fused-ring (bicyclic) bond motifs is 3. The first kappa shape index (κ1) is 13.1. The van der Waals surface area contributed by atoms with Crippen LogP contribution in [0.25, 0.3) is 0 Å². The molecule has 5 nitrogen and oxygen atoms in total. The molecule has 1 saturated carbocycles. The molecule has 0 spiro atoms. The van der Waals surface area contributed by atoms with Gasteiger partial charge in [0.1, 0.15) is 6.04 Å². The maximum atomic E-state index is 12.2. The summed E-state index contributed by atoms with van der Waals surface area (Å²) in [5.41, 5.74) is 2.51. The number of amides is 1. The summed E-state index contributed by atoms with van der Waals surface area (Å²) < 4.78 is 0. The van der Waals surface area contributed by atoms with Gasteiger partial charge in [0.2, 0.25) is 5.91 Å². The second kappa shape index (κ2) is 4.90. The third-order valence-electron chi connectivity index (χ3n) is 4.43. The number of hydrogen-bond donors (Lipinski definition) is 3. The molecular formula is C15H17NO4. The van der Waals surface area contributed by atoms with Crippen LogP contribution in [0.3, 0.4) is 0 Å². The SMILES string of the molecule is O=C(N[C@@H](CO)C(=O)O)C1C2CCc3ccccc3C21. The topological polar surface area (TPSA) is 86.6 Å². The van der Waals surface area contributed by atoms with Gasteiger partial charge in [-0.1, -0.05) is 24.3 Å². The molecule has 0 radical (unpaired) electrons. The Morgan fingerprint density at radius 1 is 1.35 bits per heavy atom. The zero-order valence-corrected chi connectivity index (χ0v) is 11.0. The Bertz CT molecular complexity index is 557. The molecule has 3 rings (SSSR count). The monoisotopic (exact) mass is 275 g/mol. The Hall–Kier alpha value is -1.88. The molecule has 2 aliphatic carbocycles. The van der Waals surface area contributed by atoms with Gasteiger partial charge in [0.05, 0.1) is 6.61 Å². The van der Waals surface area contributed by atoms with E-state index in [1.54, 1.807) is 0 Å². The first-order valence-corrected chi connectivity index (χ1v) is 6.85. The normalized spacial score (nSPS) is 27.9. The van der Waals surface area contributed by atoms with Crippen molar-refractivity contribution in [1.29, 1.82) is 0 Å². The lowest BCUT2D eigenvalue weighted by molar-refractivity contribution is -0.143. The van der Waals surface area contributed by atoms with Gasteiger partial charge in [0.15, 0.2) is 0 Å². The molecule has 1 fully saturated rings. The fraction of sp³-hybridized carbons (Fsp3) is 0.467. The van der Waals surface area contributed by atoms with Gasteiger partial charge in [-0.05, 0) is 35.8 Å². The molecule has 1 amide bonds. The van der Waals surface area contributed by atoms with Crippen LogP contribution in [0.2, 0.25) is 0 Å². The average molecular weight is 275 g/mol. The van der Waals surface area contributed by atoms with Crippen molar-refractivity contribution in [3.63, 3.8) is 0 Å². The molecule has 5 heteroatoms. The fourth-order valence-electron chi connectivity index (χ4n) is 3.38. The molecule has 0 saturated heterocycles. The Balaban J connectivity index is 1.72. The van der Waals surface area contributed by atoms with Crippen molar-refractivity contribution in [2.24, 2.45) is 11.8 Å². The van der Waals surface area contributed by atoms with Crippen LogP contribution >= 0.6 is 0 Å². The van der Waals surface area contributed by atoms with Crippen LogP contribution in [0.1, 0.15) is 23.5 Å². The number of carbonyl (C=O) groups excluding carboxylic acids is 1. The number of aryl methyl sites for hydroxylation is 1. The van der Waals surface area contributed by atoms with Gasteiger partial charge in [-0.25, -0.2) is 4.79 Å². The van der Waals surface area contributed by atoms with E-state index in [1.807, 2.05) is 12.1 Å². The smallest absolute Gasteiger partial charge is 0.328 e. The summed E-state index contributed by atoms with van der Waals surface area (Å²) in [5.74, 6) is -1.07. The molecule has 2 aliphatic rings. The molecule has 20 heavy (non-hydrogen) atoms. The second-order valence-corrected chi connectivity index (χ2v) is 5.53. The lowest BCUT2D eigenvalue weighted by atomic mass is 9.92. The van der Waals surface area contributed by atoms with Gasteiger partial charge in [-0.3, -0.25) is 4.79 Å². The van der Waals surface area contributed by atoms with Gasteiger partial charge < -0.3 is 15.5 Å². The second-order valence-electron chi connectivity index (χ2n) is 5.53. The molecule has 0 aliphatic heterocycles. The van der Waals surface area contributed by atoms with Crippen molar-refractivity contribution in [1.82, 2.24) is 5.32 Å². The van der Waals surface area contributed by atoms with Crippen molar-refractivity contribution in [3.8, 4) is 0 Å². The highest BCUT2D eigenvalue weighted by atomic mass is 16.4. The number of rotatable bonds is 4. The highest BCUT2D eigenvalue weighted by molar-refractivity contribution is 5.88. The number of aliphatic carboxylic acids is 1. The number of carboxylic acids is 1. The van der Waals surface area contributed by atoms with Crippen molar-refractivity contribution in [2.45, 2.75) is 24.8 Å². The Morgan fingerprint density at radius 3 is 2.80 bits per heavy atom. The van der Waals surface area contributed by atoms with E-state index in [2.05, 4.69) is 17.4 Å². The molecule has 3 unspecified atom stereocenters. The maximum absolute atomic E-state index is 12.2. The minimum atomic E-state index is -1.21. The molecule has 1 aromatic carbocycles. The summed E-state index contributed by atoms with van der Waals surface area (Å²) >= 11 is 0. The Kier molecular flexibility index (Phi) is 3.22. The van der Waals surface area contributed by atoms with E-state index in [9.17, 15) is 9.59 Å². The van der Waals surface area contributed by atoms with Crippen LogP contribution in [-0.2, 0) is 16.0 Å². The zero-order chi connectivity index (χ0) is 14.3. The Morgan fingerprint density at radius 2 is 2.10 bits per heavy atom. The van der Waals surface area contributed by atoms with E-state index in [4.69, 9.17) is 10.2 Å². The predicted molar refractivity (Wildman–Crippen MR) is 71.1 cm³/mol. The Labute approximate surface area is 116 Å². The van der Waals surface area contributed by atoms with E-state index < -0.39 is 18.6 Å². The molecule has 0 aromatic heterocycles. The number of hydrogen-bond acceptors (Lipinski definition) is 3. The highest BCUT2D eigenvalue weighted by Gasteiger charge is 2.57. The van der Waals surface area contributed by atoms with E-state index in [0.29, 0.717) is 5.92 Å². The minimum absolute atomic E-state index is 0.146. The van der Waals surface area contributed by atoms with Crippen LogP contribution in [0, 0.1) is 11.8 Å². The maximum Gasteiger partial charge on any atom is 0.328 e. The number of carboxylic acid groups (broad SMARTS) is 1. The van der Waals surface area contributed by atoms with E-state index in [-0.39, 0.29) is 17.7 Å². The predicted octanol–water partition coefficient (Wildman–Crippen LogP) is 0.524. The summed E-state index contributed by atoms with van der Waals surface area (Å²) in [6.45, 7) is -0.584. The van der Waals surface area contributed by atoms with Gasteiger partial charge in [0.25, 0.3) is 0 Å². The largest absolute Gasteiger partial charge is 0.480 e. The van der Waals surface area contributed by atoms with Crippen LogP contribution in [0.15, 0.2) is 24.3 Å². The van der Waals surface area contributed by atoms with E-state index in [1.165, 1.54) is 11.1 Å². The van der Waals surface area contributed by atoms with Gasteiger partial charge in [-0.15, -0.1) is 0 Å². The van der Waals surface area contributed by atoms with Crippen LogP contribution in [0.4, 0.5) is 0 Å². The summed E-state index contributed by atoms with van der Waals surface area (Å²) in [6.07, 6.45) is 1.94. The van der Waals surface area contributed by atoms with E-state index in [0.717, 1.165) is 12.8 Å².